The molecule has 158 valence electrons. The lowest BCUT2D eigenvalue weighted by Gasteiger charge is -2.08. The molecule has 0 radical (unpaired) electrons. The number of hydrogen-bond acceptors (Lipinski definition) is 3. The standard InChI is InChI=1S/C24H15F3N4O/c1-2-22(32)29-18-11-15(14-28)12-19(13-18)31-21-6-4-3-5-20(21)23(30-31)16-7-9-17(10-8-16)24(25,26)27/h2-13H,1H2,(H,29,32). The van der Waals surface area contributed by atoms with Gasteiger partial charge in [-0.1, -0.05) is 36.9 Å². The van der Waals surface area contributed by atoms with E-state index in [9.17, 15) is 23.2 Å². The van der Waals surface area contributed by atoms with Crippen LogP contribution in [0.3, 0.4) is 0 Å². The summed E-state index contributed by atoms with van der Waals surface area (Å²) in [6.45, 7) is 3.41. The molecule has 0 saturated heterocycles. The Morgan fingerprint density at radius 1 is 1.09 bits per heavy atom. The van der Waals surface area contributed by atoms with E-state index in [1.807, 2.05) is 24.3 Å². The summed E-state index contributed by atoms with van der Waals surface area (Å²) >= 11 is 0. The molecule has 4 aromatic rings. The van der Waals surface area contributed by atoms with Gasteiger partial charge < -0.3 is 5.32 Å². The number of rotatable bonds is 4. The first kappa shape index (κ1) is 20.9. The van der Waals surface area contributed by atoms with Crippen molar-refractivity contribution in [2.45, 2.75) is 6.18 Å². The van der Waals surface area contributed by atoms with Crippen molar-refractivity contribution >= 4 is 22.5 Å². The highest BCUT2D eigenvalue weighted by molar-refractivity contribution is 5.99. The molecule has 0 aliphatic carbocycles. The number of fused-ring (bicyclic) bond motifs is 1. The molecule has 0 saturated carbocycles. The average molecular weight is 432 g/mol. The van der Waals surface area contributed by atoms with Gasteiger partial charge in [-0.3, -0.25) is 4.79 Å². The second kappa shape index (κ2) is 8.04. The first-order valence-corrected chi connectivity index (χ1v) is 9.44. The van der Waals surface area contributed by atoms with Gasteiger partial charge in [0.25, 0.3) is 0 Å². The summed E-state index contributed by atoms with van der Waals surface area (Å²) in [5, 5.41) is 17.4. The quantitative estimate of drug-likeness (QED) is 0.420. The van der Waals surface area contributed by atoms with E-state index >= 15 is 0 Å². The second-order valence-corrected chi connectivity index (χ2v) is 6.93. The van der Waals surface area contributed by atoms with Crippen molar-refractivity contribution < 1.29 is 18.0 Å². The molecule has 0 bridgehead atoms. The number of aromatic nitrogens is 2. The Hall–Kier alpha value is -4.38. The highest BCUT2D eigenvalue weighted by Crippen LogP contribution is 2.34. The molecule has 3 aromatic carbocycles. The van der Waals surface area contributed by atoms with E-state index in [-0.39, 0.29) is 0 Å². The summed E-state index contributed by atoms with van der Waals surface area (Å²) in [4.78, 5) is 11.7. The van der Waals surface area contributed by atoms with Crippen LogP contribution in [-0.4, -0.2) is 15.7 Å². The molecule has 0 atom stereocenters. The van der Waals surface area contributed by atoms with Crippen LogP contribution in [0.2, 0.25) is 0 Å². The molecule has 1 N–H and O–H groups in total. The van der Waals surface area contributed by atoms with Gasteiger partial charge in [0.2, 0.25) is 5.91 Å². The molecule has 0 fully saturated rings. The molecule has 1 heterocycles. The maximum absolute atomic E-state index is 12.9. The molecule has 0 aliphatic heterocycles. The van der Waals surface area contributed by atoms with Gasteiger partial charge in [0.1, 0.15) is 5.69 Å². The van der Waals surface area contributed by atoms with Gasteiger partial charge in [-0.25, -0.2) is 4.68 Å². The minimum Gasteiger partial charge on any atom is -0.322 e. The van der Waals surface area contributed by atoms with Crippen LogP contribution in [-0.2, 0) is 11.0 Å². The smallest absolute Gasteiger partial charge is 0.322 e. The van der Waals surface area contributed by atoms with Crippen LogP contribution in [0, 0.1) is 11.3 Å². The van der Waals surface area contributed by atoms with E-state index in [0.29, 0.717) is 33.7 Å². The molecule has 1 aromatic heterocycles. The Morgan fingerprint density at radius 3 is 2.47 bits per heavy atom. The fraction of sp³-hybridized carbons (Fsp3) is 0.0417. The Balaban J connectivity index is 1.87. The van der Waals surface area contributed by atoms with Crippen molar-refractivity contribution in [3.63, 3.8) is 0 Å². The lowest BCUT2D eigenvalue weighted by molar-refractivity contribution is -0.137. The summed E-state index contributed by atoms with van der Waals surface area (Å²) in [6.07, 6.45) is -3.31. The van der Waals surface area contributed by atoms with Crippen LogP contribution < -0.4 is 5.32 Å². The summed E-state index contributed by atoms with van der Waals surface area (Å²) < 4.78 is 40.4. The van der Waals surface area contributed by atoms with Crippen molar-refractivity contribution in [1.82, 2.24) is 9.78 Å². The second-order valence-electron chi connectivity index (χ2n) is 6.93. The topological polar surface area (TPSA) is 70.7 Å². The number of anilines is 1. The first-order chi connectivity index (χ1) is 15.3. The predicted octanol–water partition coefficient (Wildman–Crippen LogP) is 5.71. The molecule has 0 unspecified atom stereocenters. The van der Waals surface area contributed by atoms with Gasteiger partial charge in [-0.15, -0.1) is 0 Å². The predicted molar refractivity (Wildman–Crippen MR) is 115 cm³/mol. The molecular weight excluding hydrogens is 417 g/mol. The molecule has 0 spiro atoms. The number of halogens is 3. The van der Waals surface area contributed by atoms with Crippen LogP contribution in [0.4, 0.5) is 18.9 Å². The Labute approximate surface area is 181 Å². The normalized spacial score (nSPS) is 11.2. The van der Waals surface area contributed by atoms with E-state index < -0.39 is 17.6 Å². The van der Waals surface area contributed by atoms with Crippen molar-refractivity contribution in [2.24, 2.45) is 0 Å². The number of nitrogens with one attached hydrogen (secondary N) is 1. The highest BCUT2D eigenvalue weighted by atomic mass is 19.4. The van der Waals surface area contributed by atoms with Crippen molar-refractivity contribution in [3.05, 3.63) is 90.5 Å². The van der Waals surface area contributed by atoms with E-state index in [1.54, 1.807) is 16.8 Å². The van der Waals surface area contributed by atoms with Crippen LogP contribution in [0.15, 0.2) is 79.4 Å². The lowest BCUT2D eigenvalue weighted by atomic mass is 10.1. The number of alkyl halides is 3. The fourth-order valence-corrected chi connectivity index (χ4v) is 3.36. The molecule has 4 rings (SSSR count). The van der Waals surface area contributed by atoms with Crippen LogP contribution >= 0.6 is 0 Å². The Morgan fingerprint density at radius 2 is 1.81 bits per heavy atom. The zero-order valence-corrected chi connectivity index (χ0v) is 16.5. The number of carbonyl (C=O) groups excluding carboxylic acids is 1. The SMILES string of the molecule is C=CC(=O)Nc1cc(C#N)cc(-n2nc(-c3ccc(C(F)(F)F)cc3)c3ccccc32)c1. The summed E-state index contributed by atoms with van der Waals surface area (Å²) in [7, 11) is 0. The maximum atomic E-state index is 12.9. The number of benzene rings is 3. The summed E-state index contributed by atoms with van der Waals surface area (Å²) in [6, 6.07) is 18.9. The van der Waals surface area contributed by atoms with Crippen molar-refractivity contribution in [1.29, 1.82) is 5.26 Å². The van der Waals surface area contributed by atoms with Gasteiger partial charge >= 0.3 is 6.18 Å². The summed E-state index contributed by atoms with van der Waals surface area (Å²) in [5.41, 5.74) is 2.17. The first-order valence-electron chi connectivity index (χ1n) is 9.44. The number of amides is 1. The van der Waals surface area contributed by atoms with E-state index in [4.69, 9.17) is 0 Å². The molecule has 8 heteroatoms. The van der Waals surface area contributed by atoms with Crippen LogP contribution in [0.5, 0.6) is 0 Å². The van der Waals surface area contributed by atoms with E-state index in [0.717, 1.165) is 23.6 Å². The number of carbonyl (C=O) groups is 1. The van der Waals surface area contributed by atoms with Gasteiger partial charge in [0.15, 0.2) is 0 Å². The molecule has 5 nitrogen and oxygen atoms in total. The molecular formula is C24H15F3N4O. The average Bonchev–Trinajstić information content (AvgIpc) is 3.18. The largest absolute Gasteiger partial charge is 0.416 e. The number of nitrogens with zero attached hydrogens (tertiary/aromatic N) is 3. The fourth-order valence-electron chi connectivity index (χ4n) is 3.36. The minimum atomic E-state index is -4.43. The van der Waals surface area contributed by atoms with Gasteiger partial charge in [0, 0.05) is 16.6 Å². The molecule has 1 amide bonds. The van der Waals surface area contributed by atoms with Crippen LogP contribution in [0.1, 0.15) is 11.1 Å². The maximum Gasteiger partial charge on any atom is 0.416 e. The third-order valence-corrected chi connectivity index (χ3v) is 4.82. The van der Waals surface area contributed by atoms with E-state index in [2.05, 4.69) is 23.1 Å². The lowest BCUT2D eigenvalue weighted by Crippen LogP contribution is -2.08. The van der Waals surface area contributed by atoms with Gasteiger partial charge in [0.05, 0.1) is 28.4 Å². The molecule has 32 heavy (non-hydrogen) atoms. The number of nitriles is 1. The monoisotopic (exact) mass is 432 g/mol. The van der Waals surface area contributed by atoms with Crippen LogP contribution in [0.25, 0.3) is 27.8 Å². The highest BCUT2D eigenvalue weighted by Gasteiger charge is 2.30. The van der Waals surface area contributed by atoms with Crippen molar-refractivity contribution in [2.75, 3.05) is 5.32 Å². The third kappa shape index (κ3) is 3.96. The minimum absolute atomic E-state index is 0.303. The Kier molecular flexibility index (Phi) is 5.24. The number of hydrogen-bond donors (Lipinski definition) is 1. The van der Waals surface area contributed by atoms with E-state index in [1.165, 1.54) is 18.2 Å². The third-order valence-electron chi connectivity index (χ3n) is 4.82. The van der Waals surface area contributed by atoms with Gasteiger partial charge in [-0.05, 0) is 42.5 Å². The Bertz CT molecular complexity index is 1380. The summed E-state index contributed by atoms with van der Waals surface area (Å²) in [5.74, 6) is -0.429. The molecule has 0 aliphatic rings. The van der Waals surface area contributed by atoms with Gasteiger partial charge in [-0.2, -0.15) is 23.5 Å². The zero-order valence-electron chi connectivity index (χ0n) is 16.5. The van der Waals surface area contributed by atoms with Crippen molar-refractivity contribution in [3.8, 4) is 23.0 Å². The zero-order chi connectivity index (χ0) is 22.9. The number of para-hydroxylation sites is 1.